The number of thiophene rings is 1. The van der Waals surface area contributed by atoms with Crippen molar-refractivity contribution in [3.8, 4) is 11.1 Å². The number of rotatable bonds is 2. The minimum absolute atomic E-state index is 0.0276. The molecule has 1 aliphatic carbocycles. The molecule has 4 aromatic carbocycles. The molecular formula is C27H21NS. The molecule has 0 saturated heterocycles. The first-order valence-corrected chi connectivity index (χ1v) is 10.9. The van der Waals surface area contributed by atoms with Gasteiger partial charge in [-0.25, -0.2) is 0 Å². The molecule has 29 heavy (non-hydrogen) atoms. The molecule has 6 rings (SSSR count). The van der Waals surface area contributed by atoms with Gasteiger partial charge in [0.1, 0.15) is 0 Å². The first-order valence-electron chi connectivity index (χ1n) is 10.1. The smallest absolute Gasteiger partial charge is 0.0478 e. The van der Waals surface area contributed by atoms with E-state index < -0.39 is 0 Å². The highest BCUT2D eigenvalue weighted by Gasteiger charge is 2.37. The molecule has 1 aliphatic rings. The summed E-state index contributed by atoms with van der Waals surface area (Å²) >= 11 is 1.86. The molecule has 0 fully saturated rings. The number of fused-ring (bicyclic) bond motifs is 6. The summed E-state index contributed by atoms with van der Waals surface area (Å²) in [6.07, 6.45) is 0. The molecule has 140 valence electrons. The third kappa shape index (κ3) is 2.33. The lowest BCUT2D eigenvalue weighted by molar-refractivity contribution is 0.662. The van der Waals surface area contributed by atoms with Crippen LogP contribution in [0.3, 0.4) is 0 Å². The van der Waals surface area contributed by atoms with Crippen LogP contribution in [-0.4, -0.2) is 0 Å². The maximum Gasteiger partial charge on any atom is 0.0478 e. The SMILES string of the molecule is CC1(C)c2ccccc2-c2cccc(Nc3cccc4sc5ccccc5c34)c21. The first kappa shape index (κ1) is 16.8. The molecular weight excluding hydrogens is 370 g/mol. The Labute approximate surface area is 174 Å². The molecule has 0 spiro atoms. The van der Waals surface area contributed by atoms with E-state index in [1.807, 2.05) is 11.3 Å². The largest absolute Gasteiger partial charge is 0.355 e. The van der Waals surface area contributed by atoms with Crippen molar-refractivity contribution in [2.75, 3.05) is 5.32 Å². The van der Waals surface area contributed by atoms with Crippen molar-refractivity contribution in [1.29, 1.82) is 0 Å². The zero-order valence-corrected chi connectivity index (χ0v) is 17.3. The molecule has 0 unspecified atom stereocenters. The lowest BCUT2D eigenvalue weighted by atomic mass is 9.81. The zero-order chi connectivity index (χ0) is 19.6. The van der Waals surface area contributed by atoms with Crippen molar-refractivity contribution < 1.29 is 0 Å². The highest BCUT2D eigenvalue weighted by atomic mass is 32.1. The van der Waals surface area contributed by atoms with Gasteiger partial charge in [0.25, 0.3) is 0 Å². The number of nitrogens with one attached hydrogen (secondary N) is 1. The van der Waals surface area contributed by atoms with Crippen molar-refractivity contribution in [3.63, 3.8) is 0 Å². The topological polar surface area (TPSA) is 12.0 Å². The molecule has 0 saturated carbocycles. The van der Waals surface area contributed by atoms with Crippen LogP contribution in [0.2, 0.25) is 0 Å². The zero-order valence-electron chi connectivity index (χ0n) is 16.5. The Balaban J connectivity index is 1.57. The standard InChI is InChI=1S/C27H21NS/c1-27(2)20-12-5-3-9-17(20)18-11-7-14-22(26(18)27)28-21-13-8-16-24-25(21)19-10-4-6-15-23(19)29-24/h3-16,28H,1-2H3. The van der Waals surface area contributed by atoms with Crippen LogP contribution in [0, 0.1) is 0 Å². The second-order valence-corrected chi connectivity index (χ2v) is 9.38. The Kier molecular flexibility index (Phi) is 3.45. The van der Waals surface area contributed by atoms with E-state index in [0.717, 1.165) is 0 Å². The summed E-state index contributed by atoms with van der Waals surface area (Å²) in [5.74, 6) is 0. The lowest BCUT2D eigenvalue weighted by Gasteiger charge is -2.25. The van der Waals surface area contributed by atoms with Gasteiger partial charge in [-0.15, -0.1) is 11.3 Å². The minimum Gasteiger partial charge on any atom is -0.355 e. The van der Waals surface area contributed by atoms with E-state index in [0.29, 0.717) is 0 Å². The number of benzene rings is 4. The van der Waals surface area contributed by atoms with Crippen molar-refractivity contribution >= 4 is 42.9 Å². The fourth-order valence-corrected chi connectivity index (χ4v) is 6.11. The second-order valence-electron chi connectivity index (χ2n) is 8.30. The van der Waals surface area contributed by atoms with E-state index >= 15 is 0 Å². The summed E-state index contributed by atoms with van der Waals surface area (Å²) in [4.78, 5) is 0. The van der Waals surface area contributed by atoms with Gasteiger partial charge < -0.3 is 5.32 Å². The van der Waals surface area contributed by atoms with Gasteiger partial charge in [-0.3, -0.25) is 0 Å². The molecule has 5 aromatic rings. The molecule has 1 aromatic heterocycles. The summed E-state index contributed by atoms with van der Waals surface area (Å²) in [6, 6.07) is 30.7. The fraction of sp³-hybridized carbons (Fsp3) is 0.111. The Morgan fingerprint density at radius 3 is 2.28 bits per heavy atom. The van der Waals surface area contributed by atoms with E-state index in [2.05, 4.69) is 104 Å². The quantitative estimate of drug-likeness (QED) is 0.320. The van der Waals surface area contributed by atoms with Crippen LogP contribution >= 0.6 is 11.3 Å². The van der Waals surface area contributed by atoms with E-state index in [1.165, 1.54) is 53.8 Å². The molecule has 0 radical (unpaired) electrons. The highest BCUT2D eigenvalue weighted by Crippen LogP contribution is 2.52. The van der Waals surface area contributed by atoms with E-state index in [1.54, 1.807) is 0 Å². The predicted octanol–water partition coefficient (Wildman–Crippen LogP) is 8.10. The average molecular weight is 392 g/mol. The number of anilines is 2. The summed E-state index contributed by atoms with van der Waals surface area (Å²) in [5.41, 5.74) is 7.85. The van der Waals surface area contributed by atoms with Crippen molar-refractivity contribution in [3.05, 3.63) is 96.1 Å². The van der Waals surface area contributed by atoms with Crippen LogP contribution in [-0.2, 0) is 5.41 Å². The Hall–Kier alpha value is -3.10. The summed E-state index contributed by atoms with van der Waals surface area (Å²) in [6.45, 7) is 4.67. The molecule has 0 aliphatic heterocycles. The summed E-state index contributed by atoms with van der Waals surface area (Å²) < 4.78 is 2.66. The fourth-order valence-electron chi connectivity index (χ4n) is 4.98. The van der Waals surface area contributed by atoms with E-state index in [9.17, 15) is 0 Å². The summed E-state index contributed by atoms with van der Waals surface area (Å²) in [7, 11) is 0. The van der Waals surface area contributed by atoms with Crippen LogP contribution in [0.5, 0.6) is 0 Å². The highest BCUT2D eigenvalue weighted by molar-refractivity contribution is 7.25. The van der Waals surface area contributed by atoms with Gasteiger partial charge in [0.15, 0.2) is 0 Å². The van der Waals surface area contributed by atoms with Crippen molar-refractivity contribution in [2.24, 2.45) is 0 Å². The second kappa shape index (κ2) is 5.95. The van der Waals surface area contributed by atoms with E-state index in [4.69, 9.17) is 0 Å². The first-order chi connectivity index (χ1) is 14.1. The molecule has 1 N–H and O–H groups in total. The predicted molar refractivity (Wildman–Crippen MR) is 127 cm³/mol. The van der Waals surface area contributed by atoms with Gasteiger partial charge >= 0.3 is 0 Å². The molecule has 0 bridgehead atoms. The Morgan fingerprint density at radius 1 is 0.655 bits per heavy atom. The number of hydrogen-bond acceptors (Lipinski definition) is 2. The van der Waals surface area contributed by atoms with Crippen LogP contribution in [0.4, 0.5) is 11.4 Å². The molecule has 0 amide bonds. The van der Waals surface area contributed by atoms with Gasteiger partial charge in [0.05, 0.1) is 0 Å². The van der Waals surface area contributed by atoms with Gasteiger partial charge in [-0.2, -0.15) is 0 Å². The average Bonchev–Trinajstić information content (AvgIpc) is 3.23. The lowest BCUT2D eigenvalue weighted by Crippen LogP contribution is -2.16. The molecule has 0 atom stereocenters. The van der Waals surface area contributed by atoms with Crippen LogP contribution < -0.4 is 5.32 Å². The van der Waals surface area contributed by atoms with Crippen LogP contribution in [0.1, 0.15) is 25.0 Å². The van der Waals surface area contributed by atoms with Gasteiger partial charge in [-0.05, 0) is 46.5 Å². The normalized spacial score (nSPS) is 14.1. The van der Waals surface area contributed by atoms with Crippen LogP contribution in [0.25, 0.3) is 31.3 Å². The van der Waals surface area contributed by atoms with Crippen molar-refractivity contribution in [1.82, 2.24) is 0 Å². The molecule has 2 heteroatoms. The third-order valence-electron chi connectivity index (χ3n) is 6.25. The minimum atomic E-state index is -0.0276. The Morgan fingerprint density at radius 2 is 1.34 bits per heavy atom. The monoisotopic (exact) mass is 391 g/mol. The number of hydrogen-bond donors (Lipinski definition) is 1. The van der Waals surface area contributed by atoms with Gasteiger partial charge in [0, 0.05) is 37.0 Å². The third-order valence-corrected chi connectivity index (χ3v) is 7.39. The van der Waals surface area contributed by atoms with Crippen molar-refractivity contribution in [2.45, 2.75) is 19.3 Å². The Bertz CT molecular complexity index is 1410. The molecule has 1 heterocycles. The maximum atomic E-state index is 3.82. The van der Waals surface area contributed by atoms with Gasteiger partial charge in [-0.1, -0.05) is 74.5 Å². The molecule has 1 nitrogen and oxygen atoms in total. The van der Waals surface area contributed by atoms with Crippen LogP contribution in [0.15, 0.2) is 84.9 Å². The maximum absolute atomic E-state index is 3.82. The van der Waals surface area contributed by atoms with E-state index in [-0.39, 0.29) is 5.41 Å². The summed E-state index contributed by atoms with van der Waals surface area (Å²) in [5, 5.41) is 6.47. The van der Waals surface area contributed by atoms with Gasteiger partial charge in [0.2, 0.25) is 0 Å².